The van der Waals surface area contributed by atoms with Crippen LogP contribution in [0.3, 0.4) is 0 Å². The summed E-state index contributed by atoms with van der Waals surface area (Å²) in [5, 5.41) is 4.35. The second kappa shape index (κ2) is 8.05. The molecule has 2 aromatic heterocycles. The van der Waals surface area contributed by atoms with Crippen molar-refractivity contribution >= 4 is 16.6 Å². The van der Waals surface area contributed by atoms with Gasteiger partial charge in [0.15, 0.2) is 0 Å². The number of hydrogen-bond acceptors (Lipinski definition) is 5. The molecule has 1 fully saturated rings. The van der Waals surface area contributed by atoms with E-state index >= 15 is 0 Å². The summed E-state index contributed by atoms with van der Waals surface area (Å²) in [6, 6.07) is 14.6. The van der Waals surface area contributed by atoms with Gasteiger partial charge in [0.05, 0.1) is 17.8 Å². The van der Waals surface area contributed by atoms with Crippen LogP contribution in [0, 0.1) is 0 Å². The number of nitrogens with one attached hydrogen (secondary N) is 1. The smallest absolute Gasteiger partial charge is 0.130 e. The first-order chi connectivity index (χ1) is 14.3. The van der Waals surface area contributed by atoms with Gasteiger partial charge in [0, 0.05) is 74.2 Å². The Morgan fingerprint density at radius 1 is 1.10 bits per heavy atom. The summed E-state index contributed by atoms with van der Waals surface area (Å²) in [5.41, 5.74) is 5.70. The molecule has 0 spiro atoms. The maximum atomic E-state index is 14.1. The molecule has 1 unspecified atom stereocenters. The number of benzene rings is 1. The molecule has 3 aromatic rings. The van der Waals surface area contributed by atoms with Crippen molar-refractivity contribution in [1.29, 1.82) is 0 Å². The lowest BCUT2D eigenvalue weighted by Crippen LogP contribution is -2.31. The van der Waals surface area contributed by atoms with Gasteiger partial charge < -0.3 is 10.2 Å². The molecule has 0 bridgehead atoms. The highest BCUT2D eigenvalue weighted by atomic mass is 19.1. The third kappa shape index (κ3) is 3.95. The molecule has 29 heavy (non-hydrogen) atoms. The highest BCUT2D eigenvalue weighted by molar-refractivity contribution is 5.78. The molecule has 150 valence electrons. The Morgan fingerprint density at radius 3 is 3.00 bits per heavy atom. The van der Waals surface area contributed by atoms with Crippen molar-refractivity contribution in [3.63, 3.8) is 0 Å². The predicted molar refractivity (Wildman–Crippen MR) is 114 cm³/mol. The van der Waals surface area contributed by atoms with Crippen LogP contribution in [0.25, 0.3) is 10.9 Å². The molecule has 4 heterocycles. The zero-order chi connectivity index (χ0) is 19.6. The van der Waals surface area contributed by atoms with Crippen molar-refractivity contribution < 1.29 is 4.39 Å². The lowest BCUT2D eigenvalue weighted by molar-refractivity contribution is 0.285. The highest BCUT2D eigenvalue weighted by Crippen LogP contribution is 2.31. The molecule has 6 heteroatoms. The number of alkyl halides is 1. The van der Waals surface area contributed by atoms with Gasteiger partial charge in [-0.15, -0.1) is 0 Å². The lowest BCUT2D eigenvalue weighted by Gasteiger charge is -2.25. The number of anilines is 1. The Morgan fingerprint density at radius 2 is 2.03 bits per heavy atom. The van der Waals surface area contributed by atoms with Crippen LogP contribution < -0.4 is 10.2 Å². The number of hydrogen-bond donors (Lipinski definition) is 1. The maximum absolute atomic E-state index is 14.1. The number of fused-ring (bicyclic) bond motifs is 2. The van der Waals surface area contributed by atoms with Gasteiger partial charge >= 0.3 is 0 Å². The molecule has 0 amide bonds. The molecule has 1 aromatic carbocycles. The largest absolute Gasteiger partial charge is 0.367 e. The van der Waals surface area contributed by atoms with Gasteiger partial charge in [-0.05, 0) is 18.2 Å². The predicted octanol–water partition coefficient (Wildman–Crippen LogP) is 2.94. The Balaban J connectivity index is 1.28. The van der Waals surface area contributed by atoms with E-state index in [1.54, 1.807) is 0 Å². The van der Waals surface area contributed by atoms with Gasteiger partial charge in [0.1, 0.15) is 6.17 Å². The average Bonchev–Trinajstić information content (AvgIpc) is 3.05. The molecule has 5 rings (SSSR count). The average molecular weight is 391 g/mol. The molecular weight excluding hydrogens is 365 g/mol. The molecule has 0 saturated carbocycles. The van der Waals surface area contributed by atoms with Gasteiger partial charge in [0.2, 0.25) is 0 Å². The molecule has 0 aliphatic carbocycles. The molecule has 1 saturated heterocycles. The summed E-state index contributed by atoms with van der Waals surface area (Å²) < 4.78 is 14.1. The van der Waals surface area contributed by atoms with Crippen LogP contribution in [-0.4, -0.2) is 53.8 Å². The third-order valence-corrected chi connectivity index (χ3v) is 5.90. The third-order valence-electron chi connectivity index (χ3n) is 5.90. The molecule has 5 nitrogen and oxygen atoms in total. The van der Waals surface area contributed by atoms with Crippen LogP contribution in [0.4, 0.5) is 10.1 Å². The monoisotopic (exact) mass is 391 g/mol. The van der Waals surface area contributed by atoms with Gasteiger partial charge in [-0.3, -0.25) is 14.9 Å². The van der Waals surface area contributed by atoms with Crippen LogP contribution in [0.2, 0.25) is 0 Å². The van der Waals surface area contributed by atoms with Gasteiger partial charge in [-0.25, -0.2) is 4.39 Å². The topological polar surface area (TPSA) is 44.3 Å². The van der Waals surface area contributed by atoms with Crippen LogP contribution in [0.15, 0.2) is 48.7 Å². The summed E-state index contributed by atoms with van der Waals surface area (Å²) in [5.74, 6) is 0. The molecular formula is C23H26FN5. The standard InChI is InChI=1S/C23H26FN5/c24-18-13-25-10-12-29(14-18)23-7-9-26-22-16-28(15-20(22)23)11-8-19-6-5-17-3-1-2-4-21(17)27-19/h1-7,9,18,25H,8,10-16H2. The van der Waals surface area contributed by atoms with E-state index in [2.05, 4.69) is 44.4 Å². The number of aromatic nitrogens is 2. The fourth-order valence-electron chi connectivity index (χ4n) is 4.38. The molecule has 0 radical (unpaired) electrons. The van der Waals surface area contributed by atoms with Crippen LogP contribution >= 0.6 is 0 Å². The van der Waals surface area contributed by atoms with Gasteiger partial charge in [0.25, 0.3) is 0 Å². The molecule has 2 aliphatic heterocycles. The molecule has 1 atom stereocenters. The fraction of sp³-hybridized carbons (Fsp3) is 0.391. The first kappa shape index (κ1) is 18.5. The molecule has 1 N–H and O–H groups in total. The van der Waals surface area contributed by atoms with Gasteiger partial charge in [-0.1, -0.05) is 24.3 Å². The first-order valence-electron chi connectivity index (χ1n) is 10.4. The van der Waals surface area contributed by atoms with Gasteiger partial charge in [-0.2, -0.15) is 0 Å². The van der Waals surface area contributed by atoms with Crippen molar-refractivity contribution in [1.82, 2.24) is 20.2 Å². The summed E-state index contributed by atoms with van der Waals surface area (Å²) in [4.78, 5) is 14.0. The van der Waals surface area contributed by atoms with Crippen molar-refractivity contribution in [2.45, 2.75) is 25.7 Å². The zero-order valence-corrected chi connectivity index (χ0v) is 16.5. The Hall–Kier alpha value is -2.57. The summed E-state index contributed by atoms with van der Waals surface area (Å²) in [7, 11) is 0. The fourth-order valence-corrected chi connectivity index (χ4v) is 4.38. The Kier molecular flexibility index (Phi) is 5.12. The van der Waals surface area contributed by atoms with E-state index in [1.807, 2.05) is 24.4 Å². The number of nitrogens with zero attached hydrogens (tertiary/aromatic N) is 4. The van der Waals surface area contributed by atoms with E-state index in [4.69, 9.17) is 4.98 Å². The van der Waals surface area contributed by atoms with Crippen LogP contribution in [0.1, 0.15) is 17.0 Å². The SMILES string of the molecule is FC1CNCCN(c2ccnc3c2CN(CCc2ccc4ccccc4n2)C3)C1. The second-order valence-corrected chi connectivity index (χ2v) is 7.96. The van der Waals surface area contributed by atoms with E-state index in [-0.39, 0.29) is 0 Å². The molecule has 2 aliphatic rings. The minimum absolute atomic E-state index is 0.439. The first-order valence-corrected chi connectivity index (χ1v) is 10.4. The second-order valence-electron chi connectivity index (χ2n) is 7.96. The van der Waals surface area contributed by atoms with Crippen molar-refractivity contribution in [3.05, 3.63) is 65.6 Å². The Bertz CT molecular complexity index is 1010. The Labute approximate surface area is 170 Å². The van der Waals surface area contributed by atoms with E-state index in [0.717, 1.165) is 61.7 Å². The number of pyridine rings is 2. The lowest BCUT2D eigenvalue weighted by atomic mass is 10.1. The normalized spacial score (nSPS) is 20.0. The highest BCUT2D eigenvalue weighted by Gasteiger charge is 2.26. The van der Waals surface area contributed by atoms with E-state index in [9.17, 15) is 4.39 Å². The van der Waals surface area contributed by atoms with E-state index in [1.165, 1.54) is 10.9 Å². The maximum Gasteiger partial charge on any atom is 0.130 e. The van der Waals surface area contributed by atoms with Crippen molar-refractivity contribution in [2.75, 3.05) is 37.6 Å². The number of halogens is 1. The van der Waals surface area contributed by atoms with Crippen LogP contribution in [-0.2, 0) is 19.5 Å². The zero-order valence-electron chi connectivity index (χ0n) is 16.5. The summed E-state index contributed by atoms with van der Waals surface area (Å²) in [6.45, 7) is 5.19. The van der Waals surface area contributed by atoms with Crippen LogP contribution in [0.5, 0.6) is 0 Å². The van der Waals surface area contributed by atoms with Crippen molar-refractivity contribution in [2.24, 2.45) is 0 Å². The summed E-state index contributed by atoms with van der Waals surface area (Å²) >= 11 is 0. The van der Waals surface area contributed by atoms with Crippen molar-refractivity contribution in [3.8, 4) is 0 Å². The number of rotatable bonds is 4. The summed E-state index contributed by atoms with van der Waals surface area (Å²) in [6.07, 6.45) is 1.94. The quantitative estimate of drug-likeness (QED) is 0.741. The minimum atomic E-state index is -0.835. The van der Waals surface area contributed by atoms with E-state index in [0.29, 0.717) is 13.1 Å². The minimum Gasteiger partial charge on any atom is -0.367 e. The van der Waals surface area contributed by atoms with E-state index < -0.39 is 6.17 Å². The number of para-hydroxylation sites is 1.